The maximum absolute atomic E-state index is 5.21. The zero-order valence-corrected chi connectivity index (χ0v) is 11.2. The van der Waals surface area contributed by atoms with Crippen LogP contribution >= 0.6 is 0 Å². The number of hydrogen-bond donors (Lipinski definition) is 0. The van der Waals surface area contributed by atoms with Gasteiger partial charge in [-0.15, -0.1) is 0 Å². The van der Waals surface area contributed by atoms with Crippen molar-refractivity contribution in [1.29, 1.82) is 0 Å². The van der Waals surface area contributed by atoms with E-state index in [9.17, 15) is 0 Å². The summed E-state index contributed by atoms with van der Waals surface area (Å²) < 4.78 is 0. The Hall–Kier alpha value is -2.35. The van der Waals surface area contributed by atoms with E-state index >= 15 is 0 Å². The fourth-order valence-corrected chi connectivity index (χ4v) is 2.79. The zero-order valence-electron chi connectivity index (χ0n) is 11.2. The molecule has 0 N–H and O–H groups in total. The van der Waals surface area contributed by atoms with Crippen LogP contribution in [0.5, 0.6) is 0 Å². The predicted molar refractivity (Wildman–Crippen MR) is 83.2 cm³/mol. The molecule has 0 aromatic heterocycles. The van der Waals surface area contributed by atoms with E-state index < -0.39 is 0 Å². The lowest BCUT2D eigenvalue weighted by Crippen LogP contribution is -2.09. The van der Waals surface area contributed by atoms with Crippen LogP contribution in [0.2, 0.25) is 0 Å². The molecule has 1 aliphatic heterocycles. The third kappa shape index (κ3) is 1.94. The predicted octanol–water partition coefficient (Wildman–Crippen LogP) is 4.51. The van der Waals surface area contributed by atoms with Crippen molar-refractivity contribution in [3.05, 3.63) is 60.2 Å². The monoisotopic (exact) mass is 261 g/mol. The molecule has 2 nitrogen and oxygen atoms in total. The minimum Gasteiger partial charge on any atom is -0.396 e. The zero-order chi connectivity index (χ0) is 13.4. The number of hydrogen-bond acceptors (Lipinski definition) is 2. The van der Waals surface area contributed by atoms with E-state index in [0.29, 0.717) is 0 Å². The Morgan fingerprint density at radius 3 is 2.30 bits per heavy atom. The Morgan fingerprint density at radius 1 is 0.800 bits per heavy atom. The molecule has 20 heavy (non-hydrogen) atoms. The summed E-state index contributed by atoms with van der Waals surface area (Å²) in [5.74, 6) is 0. The molecule has 0 saturated carbocycles. The van der Waals surface area contributed by atoms with Gasteiger partial charge in [-0.1, -0.05) is 41.6 Å². The van der Waals surface area contributed by atoms with Gasteiger partial charge < -0.3 is 4.84 Å². The molecule has 1 heterocycles. The largest absolute Gasteiger partial charge is 0.396 e. The Labute approximate surface area is 117 Å². The molecule has 0 amide bonds. The summed E-state index contributed by atoms with van der Waals surface area (Å²) in [4.78, 5) is 5.21. The summed E-state index contributed by atoms with van der Waals surface area (Å²) in [5, 5.41) is 9.27. The average Bonchev–Trinajstić information content (AvgIpc) is 2.53. The Morgan fingerprint density at radius 2 is 1.55 bits per heavy atom. The van der Waals surface area contributed by atoms with Crippen molar-refractivity contribution in [3.8, 4) is 0 Å². The highest BCUT2D eigenvalue weighted by Gasteiger charge is 2.10. The molecular weight excluding hydrogens is 246 g/mol. The first-order chi connectivity index (χ1) is 9.90. The van der Waals surface area contributed by atoms with E-state index in [2.05, 4.69) is 59.8 Å². The Kier molecular flexibility index (Phi) is 2.66. The standard InChI is InChI=1S/C18H15NO/c1-2-5-14-11-17-12-16(18-6-3-9-20-19-18)8-7-15(17)10-13(14)4-1/h1-2,4-5,7-8,10-12H,3,6,9H2. The second-order valence-electron chi connectivity index (χ2n) is 5.24. The summed E-state index contributed by atoms with van der Waals surface area (Å²) in [6.07, 6.45) is 2.05. The van der Waals surface area contributed by atoms with Crippen molar-refractivity contribution in [2.45, 2.75) is 12.8 Å². The van der Waals surface area contributed by atoms with Gasteiger partial charge in [-0.25, -0.2) is 0 Å². The van der Waals surface area contributed by atoms with Crippen LogP contribution in [0.1, 0.15) is 18.4 Å². The van der Waals surface area contributed by atoms with Crippen LogP contribution in [-0.4, -0.2) is 12.3 Å². The third-order valence-corrected chi connectivity index (χ3v) is 3.86. The first-order valence-corrected chi connectivity index (χ1v) is 7.02. The molecule has 0 fully saturated rings. The van der Waals surface area contributed by atoms with Gasteiger partial charge in [-0.05, 0) is 58.1 Å². The molecule has 0 spiro atoms. The summed E-state index contributed by atoms with van der Waals surface area (Å²) in [6, 6.07) is 19.5. The second kappa shape index (κ2) is 4.64. The van der Waals surface area contributed by atoms with Crippen LogP contribution in [0.3, 0.4) is 0 Å². The van der Waals surface area contributed by atoms with Gasteiger partial charge in [-0.3, -0.25) is 0 Å². The highest BCUT2D eigenvalue weighted by atomic mass is 16.6. The van der Waals surface area contributed by atoms with Gasteiger partial charge in [0.15, 0.2) is 0 Å². The van der Waals surface area contributed by atoms with E-state index in [1.807, 2.05) is 0 Å². The molecule has 3 aromatic rings. The minimum absolute atomic E-state index is 0.738. The van der Waals surface area contributed by atoms with Crippen molar-refractivity contribution in [1.82, 2.24) is 0 Å². The van der Waals surface area contributed by atoms with E-state index in [1.54, 1.807) is 0 Å². The highest BCUT2D eigenvalue weighted by molar-refractivity contribution is 6.05. The van der Waals surface area contributed by atoms with Gasteiger partial charge in [0.2, 0.25) is 0 Å². The van der Waals surface area contributed by atoms with Gasteiger partial charge in [0.1, 0.15) is 6.61 Å². The molecular formula is C18H15NO. The number of rotatable bonds is 1. The van der Waals surface area contributed by atoms with Crippen molar-refractivity contribution < 1.29 is 4.84 Å². The van der Waals surface area contributed by atoms with Gasteiger partial charge in [0, 0.05) is 0 Å². The molecule has 4 rings (SSSR count). The highest BCUT2D eigenvalue weighted by Crippen LogP contribution is 2.24. The molecule has 0 atom stereocenters. The fraction of sp³-hybridized carbons (Fsp3) is 0.167. The minimum atomic E-state index is 0.738. The van der Waals surface area contributed by atoms with Crippen molar-refractivity contribution in [3.63, 3.8) is 0 Å². The number of nitrogens with zero attached hydrogens (tertiary/aromatic N) is 1. The number of oxime groups is 1. The van der Waals surface area contributed by atoms with Crippen LogP contribution in [0.4, 0.5) is 0 Å². The summed E-state index contributed by atoms with van der Waals surface area (Å²) in [6.45, 7) is 0.738. The normalized spacial score (nSPS) is 15.1. The maximum atomic E-state index is 5.21. The Balaban J connectivity index is 1.89. The van der Waals surface area contributed by atoms with Crippen LogP contribution in [0, 0.1) is 0 Å². The lowest BCUT2D eigenvalue weighted by Gasteiger charge is -2.12. The van der Waals surface area contributed by atoms with Gasteiger partial charge in [0.25, 0.3) is 0 Å². The summed E-state index contributed by atoms with van der Waals surface area (Å²) >= 11 is 0. The van der Waals surface area contributed by atoms with Crippen molar-refractivity contribution in [2.24, 2.45) is 5.16 Å². The number of benzene rings is 3. The summed E-state index contributed by atoms with van der Waals surface area (Å²) in [5.41, 5.74) is 2.23. The van der Waals surface area contributed by atoms with Crippen LogP contribution in [-0.2, 0) is 4.84 Å². The van der Waals surface area contributed by atoms with Crippen molar-refractivity contribution >= 4 is 27.3 Å². The summed E-state index contributed by atoms with van der Waals surface area (Å²) in [7, 11) is 0. The topological polar surface area (TPSA) is 21.6 Å². The smallest absolute Gasteiger partial charge is 0.117 e. The first-order valence-electron chi connectivity index (χ1n) is 7.02. The van der Waals surface area contributed by atoms with E-state index in [4.69, 9.17) is 4.84 Å². The lowest BCUT2D eigenvalue weighted by molar-refractivity contribution is 0.132. The number of fused-ring (bicyclic) bond motifs is 2. The average molecular weight is 261 g/mol. The van der Waals surface area contributed by atoms with E-state index in [-0.39, 0.29) is 0 Å². The molecule has 3 aromatic carbocycles. The quantitative estimate of drug-likeness (QED) is 0.591. The molecule has 1 aliphatic rings. The molecule has 0 saturated heterocycles. The molecule has 98 valence electrons. The van der Waals surface area contributed by atoms with E-state index in [1.165, 1.54) is 27.1 Å². The SMILES string of the molecule is c1ccc2cc3cc(C4=NOCCC4)ccc3cc2c1. The first kappa shape index (κ1) is 11.5. The van der Waals surface area contributed by atoms with Gasteiger partial charge in [-0.2, -0.15) is 0 Å². The maximum Gasteiger partial charge on any atom is 0.117 e. The van der Waals surface area contributed by atoms with Crippen LogP contribution in [0.25, 0.3) is 21.5 Å². The molecule has 0 bridgehead atoms. The van der Waals surface area contributed by atoms with Crippen LogP contribution in [0.15, 0.2) is 59.8 Å². The van der Waals surface area contributed by atoms with Crippen molar-refractivity contribution in [2.75, 3.05) is 6.61 Å². The lowest BCUT2D eigenvalue weighted by atomic mass is 9.98. The fourth-order valence-electron chi connectivity index (χ4n) is 2.79. The Bertz CT molecular complexity index is 820. The second-order valence-corrected chi connectivity index (χ2v) is 5.24. The molecule has 2 heteroatoms. The van der Waals surface area contributed by atoms with E-state index in [0.717, 1.165) is 25.2 Å². The van der Waals surface area contributed by atoms with Crippen LogP contribution < -0.4 is 0 Å². The molecule has 0 radical (unpaired) electrons. The molecule has 0 aliphatic carbocycles. The third-order valence-electron chi connectivity index (χ3n) is 3.86. The van der Waals surface area contributed by atoms with Gasteiger partial charge >= 0.3 is 0 Å². The van der Waals surface area contributed by atoms with Gasteiger partial charge in [0.05, 0.1) is 5.71 Å². The molecule has 0 unspecified atom stereocenters.